The van der Waals surface area contributed by atoms with Crippen LogP contribution in [0.1, 0.15) is 63.7 Å². The van der Waals surface area contributed by atoms with Crippen LogP contribution in [0.15, 0.2) is 10.1 Å². The quantitative estimate of drug-likeness (QED) is 0.171. The molecule has 0 aromatic carbocycles. The van der Waals surface area contributed by atoms with E-state index in [1.807, 2.05) is 0 Å². The number of aliphatic imine (C=N–C) groups is 1. The fourth-order valence-corrected chi connectivity index (χ4v) is 4.96. The average Bonchev–Trinajstić information content (AvgIpc) is 3.43. The first-order valence-electron chi connectivity index (χ1n) is 10.5. The monoisotopic (exact) mass is 521 g/mol. The Kier molecular flexibility index (Phi) is 10.4. The number of halogens is 1. The Labute approximate surface area is 190 Å². The van der Waals surface area contributed by atoms with Crippen molar-refractivity contribution in [3.8, 4) is 0 Å². The third-order valence-electron chi connectivity index (χ3n) is 5.87. The summed E-state index contributed by atoms with van der Waals surface area (Å²) < 4.78 is 2.38. The van der Waals surface area contributed by atoms with Crippen LogP contribution in [0, 0.1) is 0 Å². The van der Waals surface area contributed by atoms with Gasteiger partial charge in [0, 0.05) is 25.0 Å². The maximum atomic E-state index is 6.06. The molecule has 1 aliphatic carbocycles. The molecule has 1 aromatic heterocycles. The van der Waals surface area contributed by atoms with E-state index in [0.717, 1.165) is 43.5 Å². The lowest BCUT2D eigenvalue weighted by Crippen LogP contribution is -2.36. The van der Waals surface area contributed by atoms with E-state index in [2.05, 4.69) is 43.2 Å². The molecule has 0 bridgehead atoms. The third-order valence-corrected chi connectivity index (χ3v) is 6.51. The minimum Gasteiger partial charge on any atom is -0.370 e. The zero-order chi connectivity index (χ0) is 19.1. The van der Waals surface area contributed by atoms with Crippen LogP contribution in [0.4, 0.5) is 0 Å². The number of nitrogens with two attached hydrogens (primary N) is 1. The lowest BCUT2D eigenvalue weighted by molar-refractivity contribution is 0.273. The van der Waals surface area contributed by atoms with Gasteiger partial charge in [0.25, 0.3) is 0 Å². The Bertz CT molecular complexity index is 615. The van der Waals surface area contributed by atoms with Crippen LogP contribution in [0.3, 0.4) is 0 Å². The Morgan fingerprint density at radius 2 is 2.04 bits per heavy atom. The molecule has 3 N–H and O–H groups in total. The number of likely N-dealkylation sites (tertiary alicyclic amines) is 1. The number of thioether (sulfide) groups is 1. The first kappa shape index (κ1) is 23.7. The summed E-state index contributed by atoms with van der Waals surface area (Å²) in [6.07, 6.45) is 11.7. The Balaban J connectivity index is 0.00000280. The largest absolute Gasteiger partial charge is 0.370 e. The van der Waals surface area contributed by atoms with Crippen molar-refractivity contribution in [1.29, 1.82) is 0 Å². The highest BCUT2D eigenvalue weighted by Crippen LogP contribution is 2.33. The van der Waals surface area contributed by atoms with Crippen molar-refractivity contribution >= 4 is 41.7 Å². The SMILES string of the molecule is CCN1CCCC1CN=C(N)NCCCc1nnc(SC)n1C1CCCC1.I. The molecule has 7 nitrogen and oxygen atoms in total. The predicted molar refractivity (Wildman–Crippen MR) is 128 cm³/mol. The summed E-state index contributed by atoms with van der Waals surface area (Å²) >= 11 is 1.70. The van der Waals surface area contributed by atoms with Crippen molar-refractivity contribution in [2.45, 2.75) is 75.5 Å². The van der Waals surface area contributed by atoms with E-state index in [4.69, 9.17) is 5.73 Å². The van der Waals surface area contributed by atoms with Crippen molar-refractivity contribution in [3.63, 3.8) is 0 Å². The second-order valence-electron chi connectivity index (χ2n) is 7.59. The molecular weight excluding hydrogens is 485 g/mol. The molecule has 28 heavy (non-hydrogen) atoms. The van der Waals surface area contributed by atoms with Gasteiger partial charge in [-0.25, -0.2) is 0 Å². The molecule has 1 aromatic rings. The molecule has 1 aliphatic heterocycles. The first-order valence-corrected chi connectivity index (χ1v) is 11.7. The second kappa shape index (κ2) is 12.2. The van der Waals surface area contributed by atoms with Crippen molar-refractivity contribution in [2.75, 3.05) is 32.4 Å². The topological polar surface area (TPSA) is 84.4 Å². The van der Waals surface area contributed by atoms with E-state index in [-0.39, 0.29) is 24.0 Å². The molecule has 2 heterocycles. The van der Waals surface area contributed by atoms with Gasteiger partial charge in [0.2, 0.25) is 0 Å². The van der Waals surface area contributed by atoms with Crippen molar-refractivity contribution in [3.05, 3.63) is 5.82 Å². The van der Waals surface area contributed by atoms with Crippen LogP contribution in [0.25, 0.3) is 0 Å². The molecule has 3 rings (SSSR count). The van der Waals surface area contributed by atoms with Crippen LogP contribution in [0.2, 0.25) is 0 Å². The van der Waals surface area contributed by atoms with Gasteiger partial charge < -0.3 is 15.6 Å². The molecule has 1 saturated carbocycles. The van der Waals surface area contributed by atoms with Crippen LogP contribution in [0.5, 0.6) is 0 Å². The average molecular weight is 522 g/mol. The minimum atomic E-state index is 0. The predicted octanol–water partition coefficient (Wildman–Crippen LogP) is 3.05. The Morgan fingerprint density at radius 1 is 1.25 bits per heavy atom. The van der Waals surface area contributed by atoms with Crippen molar-refractivity contribution in [1.82, 2.24) is 25.0 Å². The van der Waals surface area contributed by atoms with Gasteiger partial charge in [0.05, 0.1) is 6.54 Å². The fourth-order valence-electron chi connectivity index (χ4n) is 4.39. The molecule has 0 radical (unpaired) electrons. The Morgan fingerprint density at radius 3 is 2.75 bits per heavy atom. The van der Waals surface area contributed by atoms with E-state index in [1.54, 1.807) is 11.8 Å². The van der Waals surface area contributed by atoms with Gasteiger partial charge in [-0.3, -0.25) is 9.89 Å². The molecule has 1 unspecified atom stereocenters. The maximum Gasteiger partial charge on any atom is 0.191 e. The number of hydrogen-bond donors (Lipinski definition) is 2. The Hall–Kier alpha value is -0.550. The molecule has 9 heteroatoms. The maximum absolute atomic E-state index is 6.06. The highest BCUT2D eigenvalue weighted by atomic mass is 127. The summed E-state index contributed by atoms with van der Waals surface area (Å²) in [5.74, 6) is 1.69. The number of likely N-dealkylation sites (N-methyl/N-ethyl adjacent to an activating group) is 1. The van der Waals surface area contributed by atoms with E-state index >= 15 is 0 Å². The molecular formula is C19H36IN7S. The van der Waals surface area contributed by atoms with E-state index in [9.17, 15) is 0 Å². The van der Waals surface area contributed by atoms with Gasteiger partial charge in [0.15, 0.2) is 11.1 Å². The lowest BCUT2D eigenvalue weighted by Gasteiger charge is -2.21. The third kappa shape index (κ3) is 6.22. The molecule has 1 saturated heterocycles. The van der Waals surface area contributed by atoms with Crippen molar-refractivity contribution in [2.24, 2.45) is 10.7 Å². The van der Waals surface area contributed by atoms with Gasteiger partial charge in [0.1, 0.15) is 5.82 Å². The first-order chi connectivity index (χ1) is 13.2. The molecule has 0 amide bonds. The molecule has 2 fully saturated rings. The smallest absolute Gasteiger partial charge is 0.191 e. The summed E-state index contributed by atoms with van der Waals surface area (Å²) in [4.78, 5) is 7.05. The van der Waals surface area contributed by atoms with Crippen LogP contribution in [-0.2, 0) is 6.42 Å². The fraction of sp³-hybridized carbons (Fsp3) is 0.842. The zero-order valence-electron chi connectivity index (χ0n) is 17.3. The van der Waals surface area contributed by atoms with Crippen LogP contribution in [-0.4, -0.2) is 64.1 Å². The number of hydrogen-bond acceptors (Lipinski definition) is 5. The van der Waals surface area contributed by atoms with Crippen LogP contribution < -0.4 is 11.1 Å². The number of aryl methyl sites for hydroxylation is 1. The highest BCUT2D eigenvalue weighted by molar-refractivity contribution is 14.0. The highest BCUT2D eigenvalue weighted by Gasteiger charge is 2.24. The zero-order valence-corrected chi connectivity index (χ0v) is 20.4. The van der Waals surface area contributed by atoms with E-state index < -0.39 is 0 Å². The standard InChI is InChI=1S/C19H35N7S.HI/c1-3-25-13-7-10-16(25)14-22-18(20)21-12-6-11-17-23-24-19(27-2)26(17)15-8-4-5-9-15;/h15-16H,3-14H2,1-2H3,(H3,20,21,22);1H. The summed E-state index contributed by atoms with van der Waals surface area (Å²) in [5.41, 5.74) is 6.06. The summed E-state index contributed by atoms with van der Waals surface area (Å²) in [5, 5.41) is 13.2. The van der Waals surface area contributed by atoms with Gasteiger partial charge in [-0.15, -0.1) is 34.2 Å². The molecule has 0 spiro atoms. The number of aromatic nitrogens is 3. The lowest BCUT2D eigenvalue weighted by atomic mass is 10.2. The van der Waals surface area contributed by atoms with Gasteiger partial charge >= 0.3 is 0 Å². The number of nitrogens with zero attached hydrogens (tertiary/aromatic N) is 5. The second-order valence-corrected chi connectivity index (χ2v) is 8.37. The van der Waals surface area contributed by atoms with Crippen molar-refractivity contribution < 1.29 is 0 Å². The molecule has 1 atom stereocenters. The van der Waals surface area contributed by atoms with Gasteiger partial charge in [-0.1, -0.05) is 31.5 Å². The van der Waals surface area contributed by atoms with E-state index in [1.165, 1.54) is 45.1 Å². The minimum absolute atomic E-state index is 0. The number of guanidine groups is 1. The number of nitrogens with one attached hydrogen (secondary N) is 1. The summed E-state index contributed by atoms with van der Waals surface area (Å²) in [7, 11) is 0. The van der Waals surface area contributed by atoms with Crippen LogP contribution >= 0.6 is 35.7 Å². The van der Waals surface area contributed by atoms with Gasteiger partial charge in [-0.2, -0.15) is 0 Å². The van der Waals surface area contributed by atoms with E-state index in [0.29, 0.717) is 18.0 Å². The summed E-state index contributed by atoms with van der Waals surface area (Å²) in [6.45, 7) is 6.15. The molecule has 2 aliphatic rings. The summed E-state index contributed by atoms with van der Waals surface area (Å²) in [6, 6.07) is 1.15. The van der Waals surface area contributed by atoms with Gasteiger partial charge in [-0.05, 0) is 51.4 Å². The normalized spacial score (nSPS) is 21.2. The number of rotatable bonds is 9. The molecule has 160 valence electrons.